The summed E-state index contributed by atoms with van der Waals surface area (Å²) in [5.41, 5.74) is 1.000. The van der Waals surface area contributed by atoms with E-state index in [1.54, 1.807) is 19.2 Å². The summed E-state index contributed by atoms with van der Waals surface area (Å²) < 4.78 is 46.5. The molecule has 1 aromatic carbocycles. The van der Waals surface area contributed by atoms with Gasteiger partial charge in [-0.2, -0.15) is 18.3 Å². The van der Waals surface area contributed by atoms with E-state index in [1.807, 2.05) is 26.0 Å². The summed E-state index contributed by atoms with van der Waals surface area (Å²) in [7, 11) is 1.57. The number of hydrogen-bond donors (Lipinski definition) is 2. The van der Waals surface area contributed by atoms with Crippen LogP contribution in [0.25, 0.3) is 0 Å². The van der Waals surface area contributed by atoms with Gasteiger partial charge in [0.15, 0.2) is 6.04 Å². The molecule has 1 aliphatic heterocycles. The number of amides is 1. The molecule has 0 fully saturated rings. The number of rotatable bonds is 6. The molecule has 1 aliphatic rings. The van der Waals surface area contributed by atoms with E-state index in [9.17, 15) is 18.0 Å². The second-order valence-electron chi connectivity index (χ2n) is 7.10. The molecule has 0 radical (unpaired) electrons. The average molecular weight is 410 g/mol. The number of carbonyl (C=O) groups is 1. The zero-order valence-corrected chi connectivity index (χ0v) is 16.6. The number of hydrogen-bond acceptors (Lipinski definition) is 4. The van der Waals surface area contributed by atoms with Gasteiger partial charge in [0.1, 0.15) is 17.1 Å². The van der Waals surface area contributed by atoms with Gasteiger partial charge in [0.05, 0.1) is 19.3 Å². The highest BCUT2D eigenvalue weighted by Crippen LogP contribution is 2.40. The van der Waals surface area contributed by atoms with Gasteiger partial charge in [-0.25, -0.2) is 4.68 Å². The third kappa shape index (κ3) is 4.33. The molecule has 6 nitrogen and oxygen atoms in total. The molecule has 1 aromatic heterocycles. The van der Waals surface area contributed by atoms with E-state index in [1.165, 1.54) is 6.20 Å². The van der Waals surface area contributed by atoms with E-state index in [0.29, 0.717) is 18.6 Å². The Kier molecular flexibility index (Phi) is 6.04. The Bertz CT molecular complexity index is 848. The molecule has 0 spiro atoms. The SMILES string of the molecule is CCC(NC(=O)c1cnn2c1N[C@@H](CC)C[C@H]2C(F)(F)F)c1ccc(OC)cc1. The third-order valence-electron chi connectivity index (χ3n) is 5.29. The molecular formula is C20H25F3N4O2. The van der Waals surface area contributed by atoms with Crippen LogP contribution in [0.15, 0.2) is 30.5 Å². The molecule has 1 amide bonds. The second-order valence-corrected chi connectivity index (χ2v) is 7.10. The summed E-state index contributed by atoms with van der Waals surface area (Å²) >= 11 is 0. The molecule has 1 unspecified atom stereocenters. The Morgan fingerprint density at radius 2 is 2.03 bits per heavy atom. The quantitative estimate of drug-likeness (QED) is 0.737. The first-order chi connectivity index (χ1) is 13.8. The summed E-state index contributed by atoms with van der Waals surface area (Å²) in [4.78, 5) is 12.9. The van der Waals surface area contributed by atoms with Crippen molar-refractivity contribution in [2.45, 2.75) is 57.4 Å². The Morgan fingerprint density at radius 3 is 2.59 bits per heavy atom. The highest BCUT2D eigenvalue weighted by Gasteiger charge is 2.46. The van der Waals surface area contributed by atoms with Gasteiger partial charge in [-0.3, -0.25) is 4.79 Å². The van der Waals surface area contributed by atoms with Crippen LogP contribution >= 0.6 is 0 Å². The molecule has 2 N–H and O–H groups in total. The van der Waals surface area contributed by atoms with Gasteiger partial charge < -0.3 is 15.4 Å². The molecule has 0 saturated heterocycles. The fourth-order valence-electron chi connectivity index (χ4n) is 3.56. The Hall–Kier alpha value is -2.71. The molecule has 9 heteroatoms. The van der Waals surface area contributed by atoms with Crippen LogP contribution < -0.4 is 15.4 Å². The fourth-order valence-corrected chi connectivity index (χ4v) is 3.56. The highest BCUT2D eigenvalue weighted by atomic mass is 19.4. The number of alkyl halides is 3. The molecule has 158 valence electrons. The first-order valence-corrected chi connectivity index (χ1v) is 9.64. The van der Waals surface area contributed by atoms with Crippen molar-refractivity contribution in [2.24, 2.45) is 0 Å². The summed E-state index contributed by atoms with van der Waals surface area (Å²) in [6, 6.07) is 4.90. The van der Waals surface area contributed by atoms with Crippen LogP contribution in [0.3, 0.4) is 0 Å². The lowest BCUT2D eigenvalue weighted by molar-refractivity contribution is -0.173. The first kappa shape index (κ1) is 21.0. The zero-order valence-electron chi connectivity index (χ0n) is 16.6. The summed E-state index contributed by atoms with van der Waals surface area (Å²) in [5, 5.41) is 9.83. The number of benzene rings is 1. The summed E-state index contributed by atoms with van der Waals surface area (Å²) in [5.74, 6) is 0.361. The van der Waals surface area contributed by atoms with Crippen LogP contribution in [0.1, 0.15) is 61.1 Å². The van der Waals surface area contributed by atoms with Gasteiger partial charge >= 0.3 is 6.18 Å². The van der Waals surface area contributed by atoms with Gasteiger partial charge in [0.2, 0.25) is 0 Å². The fraction of sp³-hybridized carbons (Fsp3) is 0.500. The van der Waals surface area contributed by atoms with Crippen molar-refractivity contribution in [1.82, 2.24) is 15.1 Å². The lowest BCUT2D eigenvalue weighted by Crippen LogP contribution is -2.39. The first-order valence-electron chi connectivity index (χ1n) is 9.64. The van der Waals surface area contributed by atoms with E-state index in [2.05, 4.69) is 15.7 Å². The maximum atomic E-state index is 13.5. The average Bonchev–Trinajstić information content (AvgIpc) is 3.14. The van der Waals surface area contributed by atoms with Crippen LogP contribution in [0.5, 0.6) is 5.75 Å². The number of nitrogens with one attached hydrogen (secondary N) is 2. The van der Waals surface area contributed by atoms with E-state index in [0.717, 1.165) is 10.2 Å². The predicted octanol–water partition coefficient (Wildman–Crippen LogP) is 4.47. The second kappa shape index (κ2) is 8.34. The van der Waals surface area contributed by atoms with Gasteiger partial charge in [-0.1, -0.05) is 26.0 Å². The monoisotopic (exact) mass is 410 g/mol. The number of anilines is 1. The van der Waals surface area contributed by atoms with Gasteiger partial charge in [0.25, 0.3) is 5.91 Å². The topological polar surface area (TPSA) is 68.2 Å². The van der Waals surface area contributed by atoms with Crippen molar-refractivity contribution >= 4 is 11.7 Å². The van der Waals surface area contributed by atoms with Crippen molar-refractivity contribution in [3.63, 3.8) is 0 Å². The van der Waals surface area contributed by atoms with E-state index < -0.39 is 18.1 Å². The van der Waals surface area contributed by atoms with E-state index in [4.69, 9.17) is 4.74 Å². The Morgan fingerprint density at radius 1 is 1.34 bits per heavy atom. The van der Waals surface area contributed by atoms with Gasteiger partial charge in [-0.15, -0.1) is 0 Å². The van der Waals surface area contributed by atoms with Crippen LogP contribution in [0, 0.1) is 0 Å². The van der Waals surface area contributed by atoms with Crippen molar-refractivity contribution < 1.29 is 22.7 Å². The number of halogens is 3. The van der Waals surface area contributed by atoms with Crippen molar-refractivity contribution in [1.29, 1.82) is 0 Å². The van der Waals surface area contributed by atoms with Gasteiger partial charge in [-0.05, 0) is 37.0 Å². The third-order valence-corrected chi connectivity index (χ3v) is 5.29. The number of methoxy groups -OCH3 is 1. The minimum atomic E-state index is -4.43. The normalized spacial score (nSPS) is 19.8. The van der Waals surface area contributed by atoms with Crippen LogP contribution in [0.4, 0.5) is 19.0 Å². The maximum Gasteiger partial charge on any atom is 0.410 e. The summed E-state index contributed by atoms with van der Waals surface area (Å²) in [6.07, 6.45) is -2.20. The molecular weight excluding hydrogens is 385 g/mol. The molecule has 0 saturated carbocycles. The van der Waals surface area contributed by atoms with Crippen molar-refractivity contribution in [3.8, 4) is 5.75 Å². The smallest absolute Gasteiger partial charge is 0.410 e. The molecule has 3 rings (SSSR count). The number of aromatic nitrogens is 2. The lowest BCUT2D eigenvalue weighted by atomic mass is 10.0. The molecule has 2 heterocycles. The standard InChI is InChI=1S/C20H25F3N4O2/c1-4-13-10-17(20(21,22)23)27-18(25-13)15(11-24-27)19(28)26-16(5-2)12-6-8-14(29-3)9-7-12/h6-9,11,13,16-17,25H,4-5,10H2,1-3H3,(H,26,28)/t13-,16?,17-/m0/s1. The molecule has 3 atom stereocenters. The van der Waals surface area contributed by atoms with Crippen molar-refractivity contribution in [2.75, 3.05) is 12.4 Å². The lowest BCUT2D eigenvalue weighted by Gasteiger charge is -2.33. The molecule has 0 bridgehead atoms. The van der Waals surface area contributed by atoms with Crippen LogP contribution in [-0.2, 0) is 0 Å². The summed E-state index contributed by atoms with van der Waals surface area (Å²) in [6.45, 7) is 3.74. The van der Waals surface area contributed by atoms with Crippen LogP contribution in [-0.4, -0.2) is 35.0 Å². The predicted molar refractivity (Wildman–Crippen MR) is 103 cm³/mol. The maximum absolute atomic E-state index is 13.5. The molecule has 2 aromatic rings. The number of fused-ring (bicyclic) bond motifs is 1. The largest absolute Gasteiger partial charge is 0.497 e. The zero-order chi connectivity index (χ0) is 21.2. The Balaban J connectivity index is 1.85. The minimum Gasteiger partial charge on any atom is -0.497 e. The Labute approximate surface area is 167 Å². The highest BCUT2D eigenvalue weighted by molar-refractivity contribution is 5.99. The van der Waals surface area contributed by atoms with E-state index in [-0.39, 0.29) is 29.9 Å². The molecule has 0 aliphatic carbocycles. The van der Waals surface area contributed by atoms with E-state index >= 15 is 0 Å². The number of nitrogens with zero attached hydrogens (tertiary/aromatic N) is 2. The van der Waals surface area contributed by atoms with Crippen molar-refractivity contribution in [3.05, 3.63) is 41.6 Å². The number of ether oxygens (including phenoxy) is 1. The van der Waals surface area contributed by atoms with Gasteiger partial charge in [0, 0.05) is 6.04 Å². The number of carbonyl (C=O) groups excluding carboxylic acids is 1. The minimum absolute atomic E-state index is 0.112. The van der Waals surface area contributed by atoms with Crippen LogP contribution in [0.2, 0.25) is 0 Å². The molecule has 29 heavy (non-hydrogen) atoms.